The molecule has 234 valence electrons. The van der Waals surface area contributed by atoms with Crippen molar-refractivity contribution in [2.24, 2.45) is 0 Å². The summed E-state index contributed by atoms with van der Waals surface area (Å²) >= 11 is 0. The minimum absolute atomic E-state index is 0.182. The van der Waals surface area contributed by atoms with Crippen LogP contribution in [0.5, 0.6) is 11.5 Å². The summed E-state index contributed by atoms with van der Waals surface area (Å²) in [6, 6.07) is 10.9. The van der Waals surface area contributed by atoms with Crippen molar-refractivity contribution in [2.75, 3.05) is 39.3 Å². The van der Waals surface area contributed by atoms with Crippen molar-refractivity contribution in [1.29, 1.82) is 0 Å². The maximum Gasteiger partial charge on any atom is 0.138 e. The van der Waals surface area contributed by atoms with Crippen molar-refractivity contribution in [1.82, 2.24) is 40.3 Å². The summed E-state index contributed by atoms with van der Waals surface area (Å²) in [7, 11) is 0. The first-order chi connectivity index (χ1) is 22.7. The highest BCUT2D eigenvalue weighted by atomic mass is 19.1. The molecule has 0 unspecified atom stereocenters. The van der Waals surface area contributed by atoms with Gasteiger partial charge in [-0.15, -0.1) is 0 Å². The smallest absolute Gasteiger partial charge is 0.138 e. The maximum atomic E-state index is 14.8. The fourth-order valence-corrected chi connectivity index (χ4v) is 6.52. The molecule has 7 heterocycles. The van der Waals surface area contributed by atoms with Crippen molar-refractivity contribution in [3.8, 4) is 45.3 Å². The molecule has 0 bridgehead atoms. The highest BCUT2D eigenvalue weighted by Gasteiger charge is 2.18. The summed E-state index contributed by atoms with van der Waals surface area (Å²) in [6.45, 7) is 5.48. The first-order valence-corrected chi connectivity index (χ1v) is 16.0. The molecule has 11 heteroatoms. The third-order valence-electron chi connectivity index (χ3n) is 8.90. The molecule has 8 rings (SSSR count). The van der Waals surface area contributed by atoms with Gasteiger partial charge in [-0.1, -0.05) is 0 Å². The Morgan fingerprint density at radius 3 is 2.57 bits per heavy atom. The summed E-state index contributed by atoms with van der Waals surface area (Å²) in [5, 5.41) is 12.9. The largest absolute Gasteiger partial charge is 0.492 e. The second-order valence-corrected chi connectivity index (χ2v) is 12.1. The molecule has 0 saturated carbocycles. The number of nitrogens with one attached hydrogen (secondary N) is 3. The van der Waals surface area contributed by atoms with Gasteiger partial charge in [-0.3, -0.25) is 25.0 Å². The van der Waals surface area contributed by atoms with E-state index in [1.807, 2.05) is 24.3 Å². The Balaban J connectivity index is 1.08. The van der Waals surface area contributed by atoms with E-state index in [-0.39, 0.29) is 11.9 Å². The van der Waals surface area contributed by atoms with Crippen molar-refractivity contribution >= 4 is 21.8 Å². The predicted molar refractivity (Wildman–Crippen MR) is 175 cm³/mol. The molecule has 0 radical (unpaired) electrons. The van der Waals surface area contributed by atoms with Gasteiger partial charge in [0.1, 0.15) is 35.7 Å². The minimum Gasteiger partial charge on any atom is -0.492 e. The molecule has 2 saturated heterocycles. The van der Waals surface area contributed by atoms with Crippen molar-refractivity contribution in [3.05, 3.63) is 73.2 Å². The van der Waals surface area contributed by atoms with E-state index in [2.05, 4.69) is 40.3 Å². The van der Waals surface area contributed by atoms with E-state index in [0.29, 0.717) is 17.9 Å². The first kappa shape index (κ1) is 28.6. The molecule has 2 aliphatic rings. The topological polar surface area (TPSA) is 117 Å². The highest BCUT2D eigenvalue weighted by Crippen LogP contribution is 2.36. The molecule has 10 nitrogen and oxygen atoms in total. The maximum absolute atomic E-state index is 14.8. The van der Waals surface area contributed by atoms with Gasteiger partial charge >= 0.3 is 0 Å². The van der Waals surface area contributed by atoms with Gasteiger partial charge in [0.15, 0.2) is 0 Å². The van der Waals surface area contributed by atoms with Gasteiger partial charge in [-0.2, -0.15) is 5.10 Å². The molecule has 6 aromatic rings. The van der Waals surface area contributed by atoms with Gasteiger partial charge in [0.05, 0.1) is 41.0 Å². The molecular weight excluding hydrogens is 583 g/mol. The molecule has 0 aliphatic carbocycles. The number of hydrogen-bond acceptors (Lipinski definition) is 8. The van der Waals surface area contributed by atoms with Crippen LogP contribution in [0.3, 0.4) is 0 Å². The molecular formula is C35H35FN8O2. The third kappa shape index (κ3) is 5.91. The summed E-state index contributed by atoms with van der Waals surface area (Å²) in [6.07, 6.45) is 13.5. The highest BCUT2D eigenvalue weighted by molar-refractivity contribution is 6.01. The number of nitrogens with zero attached hydrogens (tertiary/aromatic N) is 5. The fourth-order valence-electron chi connectivity index (χ4n) is 6.52. The number of halogens is 1. The Morgan fingerprint density at radius 2 is 1.67 bits per heavy atom. The Morgan fingerprint density at radius 1 is 0.826 bits per heavy atom. The minimum atomic E-state index is -0.348. The van der Waals surface area contributed by atoms with Crippen LogP contribution in [0.15, 0.2) is 67.4 Å². The van der Waals surface area contributed by atoms with Crippen LogP contribution in [0.25, 0.3) is 55.6 Å². The molecule has 2 fully saturated rings. The molecule has 3 N–H and O–H groups in total. The molecule has 2 aliphatic heterocycles. The Kier molecular flexibility index (Phi) is 7.77. The van der Waals surface area contributed by atoms with Crippen LogP contribution < -0.4 is 14.8 Å². The van der Waals surface area contributed by atoms with E-state index < -0.39 is 0 Å². The van der Waals surface area contributed by atoms with Crippen molar-refractivity contribution in [3.63, 3.8) is 0 Å². The molecule has 0 amide bonds. The summed E-state index contributed by atoms with van der Waals surface area (Å²) in [5.74, 6) is 0.909. The zero-order chi connectivity index (χ0) is 30.9. The SMILES string of the molecule is Fc1cc(OCCN2CCCC2)cc(-c2cncc3[nH]c(-c4n[nH]c5cnc(-c6cncc(OC7CCNCC7)c6)cc45)cc23)c1. The number of aromatic amines is 2. The second kappa shape index (κ2) is 12.5. The van der Waals surface area contributed by atoms with Crippen molar-refractivity contribution in [2.45, 2.75) is 31.8 Å². The number of benzene rings is 1. The second-order valence-electron chi connectivity index (χ2n) is 12.1. The lowest BCUT2D eigenvalue weighted by Gasteiger charge is -2.23. The number of aromatic nitrogens is 6. The molecule has 0 spiro atoms. The number of likely N-dealkylation sites (tertiary alicyclic amines) is 1. The Bertz CT molecular complexity index is 1990. The van der Waals surface area contributed by atoms with Crippen LogP contribution in [-0.4, -0.2) is 80.5 Å². The third-order valence-corrected chi connectivity index (χ3v) is 8.90. The van der Waals surface area contributed by atoms with Gasteiger partial charge in [0, 0.05) is 46.9 Å². The Hall–Kier alpha value is -4.87. The lowest BCUT2D eigenvalue weighted by Crippen LogP contribution is -2.34. The number of ether oxygens (including phenoxy) is 2. The number of H-pyrrole nitrogens is 2. The van der Waals surface area contributed by atoms with Gasteiger partial charge < -0.3 is 19.8 Å². The number of pyridine rings is 3. The van der Waals surface area contributed by atoms with E-state index in [4.69, 9.17) is 9.47 Å². The standard InChI is InChI=1S/C35H35FN8O2/c36-24-11-22(12-26(14-24)45-10-9-44-7-1-2-8-44)30-19-39-20-33-28(30)15-32(41-33)35-29-16-31(40-21-34(29)42-43-35)23-13-27(18-38-17-23)46-25-3-5-37-6-4-25/h11-21,25,37,41H,1-10H2,(H,42,43). The summed E-state index contributed by atoms with van der Waals surface area (Å²) < 4.78 is 27.0. The molecule has 5 aromatic heterocycles. The van der Waals surface area contributed by atoms with Crippen LogP contribution in [-0.2, 0) is 0 Å². The molecule has 0 atom stereocenters. The van der Waals surface area contributed by atoms with Crippen LogP contribution in [0.2, 0.25) is 0 Å². The van der Waals surface area contributed by atoms with E-state index in [0.717, 1.165) is 101 Å². The monoisotopic (exact) mass is 618 g/mol. The molecule has 46 heavy (non-hydrogen) atoms. The summed E-state index contributed by atoms with van der Waals surface area (Å²) in [4.78, 5) is 19.4. The first-order valence-electron chi connectivity index (χ1n) is 16.0. The fraction of sp³-hybridized carbons (Fsp3) is 0.314. The van der Waals surface area contributed by atoms with E-state index in [1.165, 1.54) is 25.0 Å². The van der Waals surface area contributed by atoms with Crippen LogP contribution in [0.1, 0.15) is 25.7 Å². The van der Waals surface area contributed by atoms with Crippen LogP contribution >= 0.6 is 0 Å². The number of piperidine rings is 1. The van der Waals surface area contributed by atoms with Crippen molar-refractivity contribution < 1.29 is 13.9 Å². The number of fused-ring (bicyclic) bond motifs is 2. The normalized spacial score (nSPS) is 16.0. The molecule has 1 aromatic carbocycles. The average molecular weight is 619 g/mol. The lowest BCUT2D eigenvalue weighted by atomic mass is 10.0. The zero-order valence-electron chi connectivity index (χ0n) is 25.4. The lowest BCUT2D eigenvalue weighted by molar-refractivity contribution is 0.162. The van der Waals surface area contributed by atoms with Gasteiger partial charge in [0.2, 0.25) is 0 Å². The van der Waals surface area contributed by atoms with E-state index in [9.17, 15) is 4.39 Å². The number of hydrogen-bond donors (Lipinski definition) is 3. The van der Waals surface area contributed by atoms with Crippen LogP contribution in [0.4, 0.5) is 4.39 Å². The van der Waals surface area contributed by atoms with E-state index >= 15 is 0 Å². The zero-order valence-corrected chi connectivity index (χ0v) is 25.4. The van der Waals surface area contributed by atoms with Gasteiger partial charge in [-0.25, -0.2) is 4.39 Å². The van der Waals surface area contributed by atoms with Gasteiger partial charge in [-0.05, 0) is 87.8 Å². The van der Waals surface area contributed by atoms with E-state index in [1.54, 1.807) is 31.0 Å². The number of rotatable bonds is 9. The average Bonchev–Trinajstić information content (AvgIpc) is 3.85. The summed E-state index contributed by atoms with van der Waals surface area (Å²) in [5.41, 5.74) is 6.35. The quantitative estimate of drug-likeness (QED) is 0.181. The Labute approximate surface area is 265 Å². The predicted octanol–water partition coefficient (Wildman–Crippen LogP) is 5.97. The van der Waals surface area contributed by atoms with Gasteiger partial charge in [0.25, 0.3) is 0 Å². The van der Waals surface area contributed by atoms with Crippen LogP contribution in [0, 0.1) is 5.82 Å².